The van der Waals surface area contributed by atoms with E-state index in [0.29, 0.717) is 12.0 Å². The van der Waals surface area contributed by atoms with Crippen molar-refractivity contribution in [3.05, 3.63) is 58.4 Å². The Labute approximate surface area is 166 Å². The highest BCUT2D eigenvalue weighted by Crippen LogP contribution is 2.31. The fraction of sp³-hybridized carbons (Fsp3) is 0.211. The summed E-state index contributed by atoms with van der Waals surface area (Å²) in [5, 5.41) is 2.11. The van der Waals surface area contributed by atoms with Crippen molar-refractivity contribution >= 4 is 23.6 Å². The van der Waals surface area contributed by atoms with Crippen LogP contribution in [-0.4, -0.2) is 24.5 Å². The van der Waals surface area contributed by atoms with Crippen molar-refractivity contribution in [3.63, 3.8) is 0 Å². The molecule has 0 radical (unpaired) electrons. The maximum atomic E-state index is 13.8. The lowest BCUT2D eigenvalue weighted by Gasteiger charge is -2.28. The molecule has 0 bridgehead atoms. The van der Waals surface area contributed by atoms with Gasteiger partial charge < -0.3 is 4.74 Å². The number of hydrogen-bond donors (Lipinski definition) is 1. The fourth-order valence-electron chi connectivity index (χ4n) is 2.86. The van der Waals surface area contributed by atoms with Crippen LogP contribution in [0.4, 0.5) is 32.4 Å². The van der Waals surface area contributed by atoms with Gasteiger partial charge in [0.05, 0.1) is 5.56 Å². The minimum atomic E-state index is -2.38. The van der Waals surface area contributed by atoms with Crippen LogP contribution in [0.5, 0.6) is 5.75 Å². The number of benzene rings is 2. The lowest BCUT2D eigenvalue weighted by molar-refractivity contribution is -0.120. The number of ether oxygens (including phenoxy) is 1. The number of aryl methyl sites for hydroxylation is 1. The second kappa shape index (κ2) is 8.09. The Balaban J connectivity index is 1.97. The average Bonchev–Trinajstić information content (AvgIpc) is 2.73. The van der Waals surface area contributed by atoms with Crippen LogP contribution in [0, 0.1) is 29.1 Å². The Kier molecular flexibility index (Phi) is 5.72. The predicted molar refractivity (Wildman–Crippen MR) is 92.5 cm³/mol. The maximum absolute atomic E-state index is 13.8. The zero-order chi connectivity index (χ0) is 22.2. The summed E-state index contributed by atoms with van der Waals surface area (Å²) in [6.07, 6.45) is 0.439. The Bertz CT molecular complexity index is 1040. The molecule has 0 atom stereocenters. The molecule has 11 heteroatoms. The van der Waals surface area contributed by atoms with E-state index in [9.17, 15) is 36.3 Å². The molecule has 1 aliphatic heterocycles. The number of carbonyl (C=O) groups is 3. The lowest BCUT2D eigenvalue weighted by atomic mass is 10.0. The maximum Gasteiger partial charge on any atom is 0.343 e. The molecule has 6 nitrogen and oxygen atoms in total. The highest BCUT2D eigenvalue weighted by Gasteiger charge is 2.30. The van der Waals surface area contributed by atoms with Gasteiger partial charge in [0.2, 0.25) is 40.7 Å². The first kappa shape index (κ1) is 21.2. The highest BCUT2D eigenvalue weighted by molar-refractivity contribution is 6.06. The third kappa shape index (κ3) is 3.70. The van der Waals surface area contributed by atoms with Crippen molar-refractivity contribution in [2.75, 3.05) is 11.4 Å². The summed E-state index contributed by atoms with van der Waals surface area (Å²) < 4.78 is 71.7. The molecule has 0 unspecified atom stereocenters. The largest absolute Gasteiger partial charge is 0.416 e. The molecule has 0 spiro atoms. The molecule has 1 N–H and O–H groups in total. The van der Waals surface area contributed by atoms with Gasteiger partial charge in [-0.15, -0.1) is 0 Å². The summed E-state index contributed by atoms with van der Waals surface area (Å²) in [4.78, 5) is 37.0. The van der Waals surface area contributed by atoms with Crippen molar-refractivity contribution < 1.29 is 41.1 Å². The van der Waals surface area contributed by atoms with Crippen LogP contribution in [0.15, 0.2) is 18.2 Å². The number of urea groups is 1. The fourth-order valence-corrected chi connectivity index (χ4v) is 2.86. The second-order valence-corrected chi connectivity index (χ2v) is 6.24. The first-order chi connectivity index (χ1) is 14.1. The van der Waals surface area contributed by atoms with Crippen LogP contribution in [0.2, 0.25) is 0 Å². The summed E-state index contributed by atoms with van der Waals surface area (Å²) in [5.41, 5.74) is 0.525. The molecular formula is C19H13F5N2O4. The summed E-state index contributed by atoms with van der Waals surface area (Å²) in [5.74, 6) is -15.1. The first-order valence-electron chi connectivity index (χ1n) is 8.63. The van der Waals surface area contributed by atoms with Gasteiger partial charge in [0.1, 0.15) is 0 Å². The third-order valence-corrected chi connectivity index (χ3v) is 4.41. The molecule has 3 amide bonds. The van der Waals surface area contributed by atoms with Crippen molar-refractivity contribution in [1.29, 1.82) is 0 Å². The molecule has 0 aliphatic carbocycles. The number of amides is 3. The predicted octanol–water partition coefficient (Wildman–Crippen LogP) is 3.61. The van der Waals surface area contributed by atoms with Crippen molar-refractivity contribution in [2.45, 2.75) is 19.8 Å². The van der Waals surface area contributed by atoms with Crippen LogP contribution in [0.1, 0.15) is 29.3 Å². The van der Waals surface area contributed by atoms with Gasteiger partial charge in [0.15, 0.2) is 0 Å². The smallest absolute Gasteiger partial charge is 0.343 e. The molecule has 1 aliphatic rings. The van der Waals surface area contributed by atoms with Gasteiger partial charge >= 0.3 is 12.0 Å². The highest BCUT2D eigenvalue weighted by atomic mass is 19.2. The number of esters is 1. The van der Waals surface area contributed by atoms with Gasteiger partial charge in [-0.05, 0) is 24.1 Å². The van der Waals surface area contributed by atoms with Gasteiger partial charge in [0, 0.05) is 18.7 Å². The third-order valence-electron chi connectivity index (χ3n) is 4.41. The zero-order valence-corrected chi connectivity index (χ0v) is 15.3. The van der Waals surface area contributed by atoms with Crippen molar-refractivity contribution in [1.82, 2.24) is 5.32 Å². The van der Waals surface area contributed by atoms with E-state index in [1.54, 1.807) is 6.92 Å². The van der Waals surface area contributed by atoms with E-state index in [0.717, 1.165) is 0 Å². The van der Waals surface area contributed by atoms with E-state index >= 15 is 0 Å². The second-order valence-electron chi connectivity index (χ2n) is 6.24. The number of imide groups is 1. The molecule has 0 saturated carbocycles. The summed E-state index contributed by atoms with van der Waals surface area (Å²) in [7, 11) is 0. The van der Waals surface area contributed by atoms with Crippen LogP contribution >= 0.6 is 0 Å². The minimum absolute atomic E-state index is 0.00806. The summed E-state index contributed by atoms with van der Waals surface area (Å²) in [6, 6.07) is 3.09. The molecule has 1 heterocycles. The van der Waals surface area contributed by atoms with Gasteiger partial charge in [-0.3, -0.25) is 15.0 Å². The molecule has 158 valence electrons. The van der Waals surface area contributed by atoms with E-state index in [1.165, 1.54) is 23.1 Å². The van der Waals surface area contributed by atoms with E-state index in [1.807, 2.05) is 0 Å². The van der Waals surface area contributed by atoms with Gasteiger partial charge in [0.25, 0.3) is 0 Å². The molecule has 2 aromatic rings. The van der Waals surface area contributed by atoms with Crippen molar-refractivity contribution in [2.24, 2.45) is 0 Å². The van der Waals surface area contributed by atoms with Crippen LogP contribution in [-0.2, 0) is 11.2 Å². The minimum Gasteiger partial charge on any atom is -0.416 e. The Morgan fingerprint density at radius 3 is 2.20 bits per heavy atom. The Morgan fingerprint density at radius 2 is 1.63 bits per heavy atom. The number of carbonyl (C=O) groups excluding carboxylic acids is 3. The lowest BCUT2D eigenvalue weighted by Crippen LogP contribution is -2.50. The number of rotatable bonds is 4. The number of hydrogen-bond acceptors (Lipinski definition) is 4. The quantitative estimate of drug-likeness (QED) is 0.266. The normalized spacial score (nSPS) is 14.0. The molecular weight excluding hydrogens is 415 g/mol. The molecule has 1 fully saturated rings. The topological polar surface area (TPSA) is 75.7 Å². The van der Waals surface area contributed by atoms with Crippen molar-refractivity contribution in [3.8, 4) is 5.75 Å². The number of nitrogens with one attached hydrogen (secondary N) is 1. The zero-order valence-electron chi connectivity index (χ0n) is 15.3. The Morgan fingerprint density at radius 1 is 1.03 bits per heavy atom. The van der Waals surface area contributed by atoms with Crippen LogP contribution < -0.4 is 15.0 Å². The van der Waals surface area contributed by atoms with Gasteiger partial charge in [-0.1, -0.05) is 13.0 Å². The summed E-state index contributed by atoms with van der Waals surface area (Å²) in [6.45, 7) is 1.78. The average molecular weight is 428 g/mol. The number of anilines is 1. The first-order valence-corrected chi connectivity index (χ1v) is 8.63. The molecule has 1 saturated heterocycles. The molecule has 0 aromatic heterocycles. The summed E-state index contributed by atoms with van der Waals surface area (Å²) >= 11 is 0. The van der Waals surface area contributed by atoms with E-state index in [2.05, 4.69) is 10.1 Å². The van der Waals surface area contributed by atoms with E-state index < -0.39 is 52.7 Å². The molecule has 3 rings (SSSR count). The number of halogens is 5. The van der Waals surface area contributed by atoms with E-state index in [-0.39, 0.29) is 24.2 Å². The monoisotopic (exact) mass is 428 g/mol. The van der Waals surface area contributed by atoms with Gasteiger partial charge in [-0.2, -0.15) is 8.78 Å². The van der Waals surface area contributed by atoms with E-state index in [4.69, 9.17) is 0 Å². The standard InChI is InChI=1S/C19H13F5N2O4/c1-2-8-3-4-9(7-10(8)26-6-5-11(27)25-19(26)29)18(28)30-17-15(23)13(21)12(20)14(22)16(17)24/h3-4,7H,2,5-6H2,1H3,(H,25,27,29). The molecule has 2 aromatic carbocycles. The SMILES string of the molecule is CCc1ccc(C(=O)Oc2c(F)c(F)c(F)c(F)c2F)cc1N1CCC(=O)NC1=O. The number of nitrogens with zero attached hydrogens (tertiary/aromatic N) is 1. The van der Waals surface area contributed by atoms with Gasteiger partial charge in [-0.25, -0.2) is 22.8 Å². The Hall–Kier alpha value is -3.50. The molecule has 30 heavy (non-hydrogen) atoms. The van der Waals surface area contributed by atoms with Crippen LogP contribution in [0.25, 0.3) is 0 Å². The van der Waals surface area contributed by atoms with Crippen LogP contribution in [0.3, 0.4) is 0 Å².